The van der Waals surface area contributed by atoms with Crippen LogP contribution >= 0.6 is 0 Å². The van der Waals surface area contributed by atoms with Crippen LogP contribution in [0.15, 0.2) is 36.4 Å². The number of fused-ring (bicyclic) bond motifs is 1. The highest BCUT2D eigenvalue weighted by Crippen LogP contribution is 2.41. The molecule has 1 fully saturated rings. The van der Waals surface area contributed by atoms with Crippen LogP contribution in [0.5, 0.6) is 11.5 Å². The third kappa shape index (κ3) is 4.02. The summed E-state index contributed by atoms with van der Waals surface area (Å²) in [7, 11) is 3.08. The Balaban J connectivity index is 1.75. The van der Waals surface area contributed by atoms with Gasteiger partial charge in [-0.2, -0.15) is 0 Å². The summed E-state index contributed by atoms with van der Waals surface area (Å²) >= 11 is 0. The second kappa shape index (κ2) is 9.33. The molecule has 1 unspecified atom stereocenters. The van der Waals surface area contributed by atoms with Crippen molar-refractivity contribution in [1.29, 1.82) is 0 Å². The minimum absolute atomic E-state index is 0.0763. The molecule has 7 nitrogen and oxygen atoms in total. The third-order valence-electron chi connectivity index (χ3n) is 6.07. The van der Waals surface area contributed by atoms with Gasteiger partial charge in [0.2, 0.25) is 5.91 Å². The van der Waals surface area contributed by atoms with Crippen molar-refractivity contribution in [2.24, 2.45) is 0 Å². The van der Waals surface area contributed by atoms with Crippen LogP contribution in [0, 0.1) is 12.3 Å². The van der Waals surface area contributed by atoms with E-state index in [0.29, 0.717) is 22.7 Å². The number of hydrogen-bond acceptors (Lipinski definition) is 6. The number of Topliss-reactive ketones (excluding diaryl/α,β-unsaturated/α-hetero) is 1. The van der Waals surface area contributed by atoms with E-state index in [0.717, 1.165) is 37.4 Å². The highest BCUT2D eigenvalue weighted by Gasteiger charge is 2.36. The fourth-order valence-electron chi connectivity index (χ4n) is 4.40. The summed E-state index contributed by atoms with van der Waals surface area (Å²) in [6.45, 7) is 3.77. The molecule has 1 saturated heterocycles. The Labute approximate surface area is 188 Å². The van der Waals surface area contributed by atoms with Gasteiger partial charge in [-0.25, -0.2) is 0 Å². The number of ether oxygens (including phenoxy) is 2. The molecule has 7 heteroatoms. The molecular weight excluding hydrogens is 406 g/mol. The number of terminal acetylenes is 1. The Kier molecular flexibility index (Phi) is 6.33. The lowest BCUT2D eigenvalue weighted by Gasteiger charge is -2.35. The zero-order valence-electron chi connectivity index (χ0n) is 18.4. The Morgan fingerprint density at radius 1 is 1.12 bits per heavy atom. The molecule has 0 spiro atoms. The number of rotatable bonds is 6. The van der Waals surface area contributed by atoms with Gasteiger partial charge in [0.15, 0.2) is 17.3 Å². The molecule has 2 aromatic rings. The monoisotopic (exact) mass is 433 g/mol. The minimum atomic E-state index is -0.590. The number of ketones is 1. The second-order valence-corrected chi connectivity index (χ2v) is 7.85. The number of piperazine rings is 1. The first-order chi connectivity index (χ1) is 15.6. The Morgan fingerprint density at radius 3 is 2.56 bits per heavy atom. The quantitative estimate of drug-likeness (QED) is 0.558. The first-order valence-electron chi connectivity index (χ1n) is 10.7. The molecule has 2 heterocycles. The van der Waals surface area contributed by atoms with E-state index in [1.54, 1.807) is 30.2 Å². The third-order valence-corrected chi connectivity index (χ3v) is 6.07. The molecule has 0 aliphatic carbocycles. The molecule has 166 valence electrons. The lowest BCUT2D eigenvalue weighted by atomic mass is 9.83. The molecule has 1 atom stereocenters. The molecule has 32 heavy (non-hydrogen) atoms. The summed E-state index contributed by atoms with van der Waals surface area (Å²) in [5.41, 5.74) is 3.06. The van der Waals surface area contributed by atoms with Gasteiger partial charge in [-0.15, -0.1) is 6.42 Å². The van der Waals surface area contributed by atoms with Crippen LogP contribution in [0.4, 0.5) is 11.4 Å². The van der Waals surface area contributed by atoms with Crippen LogP contribution in [0.3, 0.4) is 0 Å². The molecule has 0 bridgehead atoms. The van der Waals surface area contributed by atoms with Crippen molar-refractivity contribution in [2.75, 3.05) is 56.7 Å². The van der Waals surface area contributed by atoms with Gasteiger partial charge in [0.05, 0.1) is 26.7 Å². The fraction of sp³-hybridized carbons (Fsp3) is 0.360. The van der Waals surface area contributed by atoms with Crippen LogP contribution in [0.2, 0.25) is 0 Å². The van der Waals surface area contributed by atoms with E-state index in [1.807, 2.05) is 18.2 Å². The van der Waals surface area contributed by atoms with E-state index in [1.165, 1.54) is 7.11 Å². The van der Waals surface area contributed by atoms with E-state index in [9.17, 15) is 9.59 Å². The Morgan fingerprint density at radius 2 is 1.88 bits per heavy atom. The van der Waals surface area contributed by atoms with Gasteiger partial charge in [0, 0.05) is 49.5 Å². The van der Waals surface area contributed by atoms with Crippen molar-refractivity contribution in [1.82, 2.24) is 5.32 Å². The van der Waals surface area contributed by atoms with Gasteiger partial charge < -0.3 is 24.6 Å². The normalized spacial score (nSPS) is 18.0. The van der Waals surface area contributed by atoms with E-state index >= 15 is 0 Å². The number of carbonyl (C=O) groups excluding carboxylic acids is 2. The van der Waals surface area contributed by atoms with Crippen LogP contribution in [-0.4, -0.2) is 58.6 Å². The smallest absolute Gasteiger partial charge is 0.228 e. The number of anilines is 2. The van der Waals surface area contributed by atoms with Gasteiger partial charge in [0.1, 0.15) is 0 Å². The first-order valence-corrected chi connectivity index (χ1v) is 10.7. The predicted octanol–water partition coefficient (Wildman–Crippen LogP) is 2.45. The number of nitrogens with one attached hydrogen (secondary N) is 1. The summed E-state index contributed by atoms with van der Waals surface area (Å²) in [5, 5.41) is 3.35. The van der Waals surface area contributed by atoms with Gasteiger partial charge in [0.25, 0.3) is 0 Å². The Hall–Kier alpha value is -3.50. The summed E-state index contributed by atoms with van der Waals surface area (Å²) in [5.74, 6) is 2.72. The van der Waals surface area contributed by atoms with Gasteiger partial charge >= 0.3 is 0 Å². The highest BCUT2D eigenvalue weighted by atomic mass is 16.5. The topological polar surface area (TPSA) is 71.1 Å². The highest BCUT2D eigenvalue weighted by molar-refractivity contribution is 6.09. The van der Waals surface area contributed by atoms with E-state index < -0.39 is 5.92 Å². The largest absolute Gasteiger partial charge is 0.493 e. The van der Waals surface area contributed by atoms with Crippen LogP contribution in [0.1, 0.15) is 28.3 Å². The molecule has 2 aliphatic rings. The van der Waals surface area contributed by atoms with Crippen LogP contribution in [-0.2, 0) is 4.79 Å². The van der Waals surface area contributed by atoms with Gasteiger partial charge in [-0.05, 0) is 42.0 Å². The SMILES string of the molecule is C#CCN1C(=O)CC(C(=O)c2ccc(OC)c(OC)c2)c2cc(N3CCNCC3)ccc21. The van der Waals surface area contributed by atoms with Crippen molar-refractivity contribution in [3.05, 3.63) is 47.5 Å². The van der Waals surface area contributed by atoms with Crippen LogP contribution < -0.4 is 24.6 Å². The molecular formula is C25H27N3O4. The lowest BCUT2D eigenvalue weighted by Crippen LogP contribution is -2.44. The number of nitrogens with zero attached hydrogens (tertiary/aromatic N) is 2. The summed E-state index contributed by atoms with van der Waals surface area (Å²) in [4.78, 5) is 30.4. The van der Waals surface area contributed by atoms with Crippen molar-refractivity contribution < 1.29 is 19.1 Å². The Bertz CT molecular complexity index is 1070. The summed E-state index contributed by atoms with van der Waals surface area (Å²) < 4.78 is 10.7. The average molecular weight is 434 g/mol. The standard InChI is InChI=1S/C25H27N3O4/c1-4-11-28-21-7-6-18(27-12-9-26-10-13-27)15-19(21)20(16-24(28)29)25(30)17-5-8-22(31-2)23(14-17)32-3/h1,5-8,14-15,20,26H,9-13,16H2,2-3H3. The molecule has 0 aromatic heterocycles. The molecule has 2 aliphatic heterocycles. The van der Waals surface area contributed by atoms with E-state index in [-0.39, 0.29) is 24.7 Å². The average Bonchev–Trinajstić information content (AvgIpc) is 2.85. The summed E-state index contributed by atoms with van der Waals surface area (Å²) in [6, 6.07) is 11.0. The molecule has 2 aromatic carbocycles. The van der Waals surface area contributed by atoms with Gasteiger partial charge in [-0.1, -0.05) is 5.92 Å². The number of amides is 1. The molecule has 1 amide bonds. The predicted molar refractivity (Wildman–Crippen MR) is 124 cm³/mol. The number of hydrogen-bond donors (Lipinski definition) is 1. The van der Waals surface area contributed by atoms with Crippen molar-refractivity contribution >= 4 is 23.1 Å². The number of benzene rings is 2. The van der Waals surface area contributed by atoms with Crippen molar-refractivity contribution in [2.45, 2.75) is 12.3 Å². The van der Waals surface area contributed by atoms with Crippen LogP contribution in [0.25, 0.3) is 0 Å². The van der Waals surface area contributed by atoms with E-state index in [4.69, 9.17) is 15.9 Å². The van der Waals surface area contributed by atoms with E-state index in [2.05, 4.69) is 16.1 Å². The zero-order chi connectivity index (χ0) is 22.7. The summed E-state index contributed by atoms with van der Waals surface area (Å²) in [6.07, 6.45) is 5.59. The number of methoxy groups -OCH3 is 2. The molecule has 4 rings (SSSR count). The lowest BCUT2D eigenvalue weighted by molar-refractivity contribution is -0.119. The molecule has 1 N–H and O–H groups in total. The second-order valence-electron chi connectivity index (χ2n) is 7.85. The van der Waals surface area contributed by atoms with Gasteiger partial charge in [-0.3, -0.25) is 9.59 Å². The zero-order valence-corrected chi connectivity index (χ0v) is 18.4. The molecule has 0 radical (unpaired) electrons. The van der Waals surface area contributed by atoms with Crippen molar-refractivity contribution in [3.63, 3.8) is 0 Å². The van der Waals surface area contributed by atoms with Crippen molar-refractivity contribution in [3.8, 4) is 23.8 Å². The maximum absolute atomic E-state index is 13.6. The maximum Gasteiger partial charge on any atom is 0.228 e. The number of carbonyl (C=O) groups is 2. The first kappa shape index (κ1) is 21.7. The maximum atomic E-state index is 13.6. The minimum Gasteiger partial charge on any atom is -0.493 e. The fourth-order valence-corrected chi connectivity index (χ4v) is 4.40. The molecule has 0 saturated carbocycles.